The number of rotatable bonds is 10. The summed E-state index contributed by atoms with van der Waals surface area (Å²) in [7, 11) is -3.77. The molecule has 0 bridgehead atoms. The number of benzene rings is 1. The lowest BCUT2D eigenvalue weighted by Gasteiger charge is -2.33. The van der Waals surface area contributed by atoms with Crippen molar-refractivity contribution in [1.82, 2.24) is 19.5 Å². The van der Waals surface area contributed by atoms with Crippen LogP contribution < -0.4 is 15.0 Å². The predicted molar refractivity (Wildman–Crippen MR) is 160 cm³/mol. The van der Waals surface area contributed by atoms with Gasteiger partial charge in [0.15, 0.2) is 11.5 Å². The van der Waals surface area contributed by atoms with Crippen LogP contribution in [0.1, 0.15) is 46.1 Å². The summed E-state index contributed by atoms with van der Waals surface area (Å²) in [5.74, 6) is 1.22. The van der Waals surface area contributed by atoms with Crippen LogP contribution in [0.4, 0.5) is 26.9 Å². The van der Waals surface area contributed by atoms with Gasteiger partial charge in [-0.2, -0.15) is 18.0 Å². The number of hydrogen-bond donors (Lipinski definition) is 2. The molecule has 14 nitrogen and oxygen atoms in total. The molecule has 1 aliphatic heterocycles. The molecule has 0 radical (unpaired) electrons. The zero-order valence-corrected chi connectivity index (χ0v) is 25.8. The standard InChI is InChI=1S/C28H38N6O8S/c1-6-40-21-11-9-20(10-12-21)33(27(37)42-28(2,3)4)25-22(14-17-41-43(5,38)39)24(31-23-13-15-29-34(23)25)30-19-8-7-16-32(18-19)26(35)36/h9-13,15,19H,6-8,14,16-18H2,1-5H3,(H,30,31)(H,35,36)/t19-/m0/s1. The first-order chi connectivity index (χ1) is 20.3. The number of piperidine rings is 1. The molecule has 2 N–H and O–H groups in total. The number of ether oxygens (including phenoxy) is 2. The Labute approximate surface area is 250 Å². The summed E-state index contributed by atoms with van der Waals surface area (Å²) in [5, 5.41) is 17.4. The van der Waals surface area contributed by atoms with Crippen LogP contribution in [-0.2, 0) is 25.5 Å². The Hall–Kier alpha value is -4.11. The molecule has 1 saturated heterocycles. The van der Waals surface area contributed by atoms with Crippen LogP contribution in [0.2, 0.25) is 0 Å². The number of nitrogens with zero attached hydrogens (tertiary/aromatic N) is 5. The largest absolute Gasteiger partial charge is 0.494 e. The van der Waals surface area contributed by atoms with Gasteiger partial charge in [-0.3, -0.25) is 4.18 Å². The summed E-state index contributed by atoms with van der Waals surface area (Å²) in [4.78, 5) is 33.0. The van der Waals surface area contributed by atoms with Crippen molar-refractivity contribution >= 4 is 45.3 Å². The lowest BCUT2D eigenvalue weighted by atomic mass is 10.1. The third-order valence-corrected chi connectivity index (χ3v) is 7.08. The fourth-order valence-electron chi connectivity index (χ4n) is 4.78. The molecule has 4 rings (SSSR count). The van der Waals surface area contributed by atoms with E-state index in [1.165, 1.54) is 20.5 Å². The minimum atomic E-state index is -3.77. The Balaban J connectivity index is 1.90. The first-order valence-corrected chi connectivity index (χ1v) is 15.8. The average Bonchev–Trinajstić information content (AvgIpc) is 3.38. The molecule has 2 aromatic heterocycles. The number of nitrogens with one attached hydrogen (secondary N) is 1. The summed E-state index contributed by atoms with van der Waals surface area (Å²) in [6.45, 7) is 8.00. The van der Waals surface area contributed by atoms with Gasteiger partial charge >= 0.3 is 12.2 Å². The lowest BCUT2D eigenvalue weighted by molar-refractivity contribution is 0.0597. The Kier molecular flexibility index (Phi) is 9.65. The van der Waals surface area contributed by atoms with Gasteiger partial charge in [0.25, 0.3) is 10.1 Å². The smallest absolute Gasteiger partial charge is 0.420 e. The number of amides is 2. The monoisotopic (exact) mass is 618 g/mol. The van der Waals surface area contributed by atoms with E-state index >= 15 is 0 Å². The van der Waals surface area contributed by atoms with Crippen LogP contribution in [0.5, 0.6) is 5.75 Å². The van der Waals surface area contributed by atoms with Crippen molar-refractivity contribution in [2.75, 3.05) is 42.8 Å². The van der Waals surface area contributed by atoms with Gasteiger partial charge in [0, 0.05) is 37.2 Å². The van der Waals surface area contributed by atoms with Crippen molar-refractivity contribution in [2.24, 2.45) is 0 Å². The molecule has 0 aliphatic carbocycles. The summed E-state index contributed by atoms with van der Waals surface area (Å²) in [6, 6.07) is 8.25. The molecule has 1 fully saturated rings. The van der Waals surface area contributed by atoms with Crippen LogP contribution in [0, 0.1) is 0 Å². The second kappa shape index (κ2) is 13.0. The Morgan fingerprint density at radius 1 is 1.19 bits per heavy atom. The van der Waals surface area contributed by atoms with Gasteiger partial charge in [0.1, 0.15) is 17.2 Å². The molecule has 43 heavy (non-hydrogen) atoms. The van der Waals surface area contributed by atoms with Crippen molar-refractivity contribution < 1.29 is 36.8 Å². The topological polar surface area (TPSA) is 165 Å². The number of aromatic nitrogens is 3. The van der Waals surface area contributed by atoms with Crippen molar-refractivity contribution in [2.45, 2.75) is 58.6 Å². The van der Waals surface area contributed by atoms with E-state index in [0.717, 1.165) is 6.26 Å². The SMILES string of the molecule is CCOc1ccc(N(C(=O)OC(C)(C)C)c2c(CCOS(C)(=O)=O)c(N[C@H]3CCCN(C(=O)O)C3)nc3ccnn23)cc1. The van der Waals surface area contributed by atoms with Gasteiger partial charge in [-0.1, -0.05) is 0 Å². The Morgan fingerprint density at radius 3 is 2.53 bits per heavy atom. The zero-order chi connectivity index (χ0) is 31.4. The molecule has 1 aromatic carbocycles. The van der Waals surface area contributed by atoms with E-state index in [0.29, 0.717) is 54.5 Å². The first kappa shape index (κ1) is 31.8. The van der Waals surface area contributed by atoms with E-state index in [1.54, 1.807) is 51.1 Å². The molecule has 0 unspecified atom stereocenters. The maximum atomic E-state index is 13.9. The normalized spacial score (nSPS) is 15.7. The maximum Gasteiger partial charge on any atom is 0.420 e. The second-order valence-electron chi connectivity index (χ2n) is 11.1. The minimum Gasteiger partial charge on any atom is -0.494 e. The molecule has 0 saturated carbocycles. The molecule has 3 heterocycles. The maximum absolute atomic E-state index is 13.9. The quantitative estimate of drug-likeness (QED) is 0.312. The molecule has 3 aromatic rings. The molecular weight excluding hydrogens is 580 g/mol. The van der Waals surface area contributed by atoms with E-state index in [2.05, 4.69) is 10.4 Å². The van der Waals surface area contributed by atoms with Gasteiger partial charge in [-0.15, -0.1) is 0 Å². The van der Waals surface area contributed by atoms with Crippen molar-refractivity contribution in [3.8, 4) is 5.75 Å². The van der Waals surface area contributed by atoms with Gasteiger partial charge in [0.2, 0.25) is 0 Å². The number of likely N-dealkylation sites (tertiary alicyclic amines) is 1. The van der Waals surface area contributed by atoms with Gasteiger partial charge in [-0.25, -0.2) is 19.5 Å². The summed E-state index contributed by atoms with van der Waals surface area (Å²) >= 11 is 0. The Morgan fingerprint density at radius 2 is 1.91 bits per heavy atom. The first-order valence-electron chi connectivity index (χ1n) is 14.0. The lowest BCUT2D eigenvalue weighted by Crippen LogP contribution is -2.44. The molecule has 15 heteroatoms. The number of carboxylic acid groups (broad SMARTS) is 1. The summed E-state index contributed by atoms with van der Waals surface area (Å²) in [5.41, 5.74) is 0.411. The van der Waals surface area contributed by atoms with E-state index in [4.69, 9.17) is 18.6 Å². The number of carbonyl (C=O) groups excluding carboxylic acids is 1. The molecule has 234 valence electrons. The van der Waals surface area contributed by atoms with E-state index in [9.17, 15) is 23.1 Å². The zero-order valence-electron chi connectivity index (χ0n) is 24.9. The highest BCUT2D eigenvalue weighted by atomic mass is 32.2. The van der Waals surface area contributed by atoms with Crippen LogP contribution in [0.25, 0.3) is 5.65 Å². The van der Waals surface area contributed by atoms with Crippen LogP contribution in [-0.4, -0.2) is 89.4 Å². The van der Waals surface area contributed by atoms with E-state index in [-0.39, 0.29) is 31.4 Å². The average molecular weight is 619 g/mol. The number of anilines is 3. The molecule has 1 aliphatic rings. The summed E-state index contributed by atoms with van der Waals surface area (Å²) in [6.07, 6.45) is 2.11. The van der Waals surface area contributed by atoms with Crippen LogP contribution >= 0.6 is 0 Å². The predicted octanol–water partition coefficient (Wildman–Crippen LogP) is 4.27. The number of hydrogen-bond acceptors (Lipinski definition) is 10. The molecule has 1 atom stereocenters. The molecular formula is C28H38N6O8S. The molecule has 2 amide bonds. The van der Waals surface area contributed by atoms with Crippen molar-refractivity contribution in [3.05, 3.63) is 42.1 Å². The number of carbonyl (C=O) groups is 2. The van der Waals surface area contributed by atoms with Crippen LogP contribution in [0.3, 0.4) is 0 Å². The van der Waals surface area contributed by atoms with Gasteiger partial charge in [0.05, 0.1) is 31.4 Å². The van der Waals surface area contributed by atoms with Crippen LogP contribution in [0.15, 0.2) is 36.5 Å². The minimum absolute atomic E-state index is 0.0131. The van der Waals surface area contributed by atoms with E-state index < -0.39 is 27.9 Å². The fraction of sp³-hybridized carbons (Fsp3) is 0.500. The number of fused-ring (bicyclic) bond motifs is 1. The highest BCUT2D eigenvalue weighted by molar-refractivity contribution is 7.85. The highest BCUT2D eigenvalue weighted by Crippen LogP contribution is 2.36. The summed E-state index contributed by atoms with van der Waals surface area (Å²) < 4.78 is 41.7. The van der Waals surface area contributed by atoms with Gasteiger partial charge < -0.3 is 24.8 Å². The van der Waals surface area contributed by atoms with Crippen molar-refractivity contribution in [3.63, 3.8) is 0 Å². The van der Waals surface area contributed by atoms with Gasteiger partial charge in [-0.05, 0) is 64.8 Å². The second-order valence-corrected chi connectivity index (χ2v) is 12.7. The third-order valence-electron chi connectivity index (χ3n) is 6.48. The van der Waals surface area contributed by atoms with Crippen molar-refractivity contribution in [1.29, 1.82) is 0 Å². The molecule has 0 spiro atoms. The highest BCUT2D eigenvalue weighted by Gasteiger charge is 2.32. The fourth-order valence-corrected chi connectivity index (χ4v) is 5.16. The Bertz CT molecular complexity index is 1550. The van der Waals surface area contributed by atoms with E-state index in [1.807, 2.05) is 6.92 Å². The third kappa shape index (κ3) is 8.26.